The molecule has 8 heteroatoms. The van der Waals surface area contributed by atoms with Gasteiger partial charge in [-0.25, -0.2) is 13.6 Å². The maximum absolute atomic E-state index is 12.3. The molecular formula is C18H21N3O4S. The monoisotopic (exact) mass is 375 g/mol. The number of rotatable bonds is 9. The zero-order chi connectivity index (χ0) is 18.8. The Kier molecular flexibility index (Phi) is 7.31. The second-order valence-corrected chi connectivity index (χ2v) is 7.32. The van der Waals surface area contributed by atoms with Gasteiger partial charge in [0.2, 0.25) is 10.0 Å². The maximum Gasteiger partial charge on any atom is 0.269 e. The van der Waals surface area contributed by atoms with E-state index < -0.39 is 15.9 Å². The van der Waals surface area contributed by atoms with E-state index in [-0.39, 0.29) is 31.0 Å². The van der Waals surface area contributed by atoms with Crippen LogP contribution in [-0.2, 0) is 32.7 Å². The van der Waals surface area contributed by atoms with E-state index >= 15 is 0 Å². The van der Waals surface area contributed by atoms with Gasteiger partial charge in [-0.05, 0) is 11.1 Å². The SMILES string of the molecule is NS(=O)(=O)CCNC(=O)/C(Cc1ccccc1)=N/OCc1ccccc1. The molecule has 3 N–H and O–H groups in total. The minimum atomic E-state index is -3.64. The highest BCUT2D eigenvalue weighted by Crippen LogP contribution is 2.04. The molecule has 0 unspecified atom stereocenters. The smallest absolute Gasteiger partial charge is 0.269 e. The molecule has 0 radical (unpaired) electrons. The maximum atomic E-state index is 12.3. The van der Waals surface area contributed by atoms with Gasteiger partial charge >= 0.3 is 0 Å². The van der Waals surface area contributed by atoms with Crippen molar-refractivity contribution in [3.8, 4) is 0 Å². The van der Waals surface area contributed by atoms with Gasteiger partial charge in [-0.3, -0.25) is 4.79 Å². The summed E-state index contributed by atoms with van der Waals surface area (Å²) in [6.07, 6.45) is 0.261. The number of primary sulfonamides is 1. The van der Waals surface area contributed by atoms with Gasteiger partial charge in [0.05, 0.1) is 5.75 Å². The zero-order valence-corrected chi connectivity index (χ0v) is 15.0. The van der Waals surface area contributed by atoms with Crippen molar-refractivity contribution in [2.45, 2.75) is 13.0 Å². The lowest BCUT2D eigenvalue weighted by atomic mass is 10.1. The summed E-state index contributed by atoms with van der Waals surface area (Å²) in [5.74, 6) is -0.840. The van der Waals surface area contributed by atoms with Crippen LogP contribution in [0.25, 0.3) is 0 Å². The van der Waals surface area contributed by atoms with Gasteiger partial charge in [-0.2, -0.15) is 0 Å². The van der Waals surface area contributed by atoms with Crippen LogP contribution in [0.1, 0.15) is 11.1 Å². The molecule has 138 valence electrons. The average Bonchev–Trinajstić information content (AvgIpc) is 2.61. The van der Waals surface area contributed by atoms with Crippen LogP contribution in [0.5, 0.6) is 0 Å². The van der Waals surface area contributed by atoms with Crippen molar-refractivity contribution in [2.24, 2.45) is 10.3 Å². The molecule has 0 aliphatic rings. The lowest BCUT2D eigenvalue weighted by Crippen LogP contribution is -2.36. The Morgan fingerprint density at radius 3 is 2.15 bits per heavy atom. The first-order valence-electron chi connectivity index (χ1n) is 7.99. The first-order chi connectivity index (χ1) is 12.4. The Labute approximate surface area is 152 Å². The van der Waals surface area contributed by atoms with Crippen LogP contribution in [0.15, 0.2) is 65.8 Å². The van der Waals surface area contributed by atoms with Gasteiger partial charge < -0.3 is 10.2 Å². The lowest BCUT2D eigenvalue weighted by Gasteiger charge is -2.08. The number of hydrogen-bond donors (Lipinski definition) is 2. The van der Waals surface area contributed by atoms with E-state index in [9.17, 15) is 13.2 Å². The van der Waals surface area contributed by atoms with Crippen molar-refractivity contribution in [1.82, 2.24) is 5.32 Å². The topological polar surface area (TPSA) is 111 Å². The molecule has 2 rings (SSSR count). The largest absolute Gasteiger partial charge is 0.391 e. The molecule has 0 aliphatic heterocycles. The molecule has 7 nitrogen and oxygen atoms in total. The molecule has 0 fully saturated rings. The average molecular weight is 375 g/mol. The molecule has 2 aromatic carbocycles. The molecule has 0 spiro atoms. The molecular weight excluding hydrogens is 354 g/mol. The Bertz CT molecular complexity index is 837. The number of nitrogens with one attached hydrogen (secondary N) is 1. The molecule has 0 atom stereocenters. The number of benzene rings is 2. The summed E-state index contributed by atoms with van der Waals surface area (Å²) in [5, 5.41) is 11.4. The fraction of sp³-hybridized carbons (Fsp3) is 0.222. The molecule has 2 aromatic rings. The summed E-state index contributed by atoms with van der Waals surface area (Å²) in [6.45, 7) is 0.133. The van der Waals surface area contributed by atoms with Crippen molar-refractivity contribution in [3.63, 3.8) is 0 Å². The molecule has 0 heterocycles. The number of hydrogen-bond acceptors (Lipinski definition) is 5. The minimum Gasteiger partial charge on any atom is -0.391 e. The van der Waals surface area contributed by atoms with Gasteiger partial charge in [0, 0.05) is 13.0 Å². The first kappa shape index (κ1) is 19.6. The molecule has 0 bridgehead atoms. The Morgan fingerprint density at radius 2 is 1.58 bits per heavy atom. The fourth-order valence-electron chi connectivity index (χ4n) is 2.11. The van der Waals surface area contributed by atoms with Crippen LogP contribution in [0.2, 0.25) is 0 Å². The highest BCUT2D eigenvalue weighted by atomic mass is 32.2. The summed E-state index contributed by atoms with van der Waals surface area (Å²) in [5.41, 5.74) is 1.96. The van der Waals surface area contributed by atoms with Crippen molar-refractivity contribution >= 4 is 21.6 Å². The summed E-state index contributed by atoms with van der Waals surface area (Å²) in [6, 6.07) is 18.8. The number of nitrogens with zero attached hydrogens (tertiary/aromatic N) is 1. The second-order valence-electron chi connectivity index (χ2n) is 5.58. The third-order valence-electron chi connectivity index (χ3n) is 3.40. The van der Waals surface area contributed by atoms with Crippen LogP contribution in [0.4, 0.5) is 0 Å². The lowest BCUT2D eigenvalue weighted by molar-refractivity contribution is -0.115. The standard InChI is InChI=1S/C18H21N3O4S/c19-26(23,24)12-11-20-18(22)17(13-15-7-3-1-4-8-15)21-25-14-16-9-5-2-6-10-16/h1-10H,11-14H2,(H,20,22)(H2,19,23,24)/b21-17+. The van der Waals surface area contributed by atoms with E-state index in [4.69, 9.17) is 9.98 Å². The molecule has 26 heavy (non-hydrogen) atoms. The van der Waals surface area contributed by atoms with Crippen LogP contribution >= 0.6 is 0 Å². The predicted octanol–water partition coefficient (Wildman–Crippen LogP) is 1.21. The van der Waals surface area contributed by atoms with E-state index in [1.54, 1.807) is 0 Å². The number of nitrogens with two attached hydrogens (primary N) is 1. The van der Waals surface area contributed by atoms with Crippen LogP contribution in [-0.4, -0.2) is 32.3 Å². The van der Waals surface area contributed by atoms with Crippen LogP contribution in [0, 0.1) is 0 Å². The normalized spacial score (nSPS) is 11.8. The minimum absolute atomic E-state index is 0.0931. The molecule has 0 aliphatic carbocycles. The van der Waals surface area contributed by atoms with E-state index in [1.807, 2.05) is 60.7 Å². The van der Waals surface area contributed by atoms with Crippen LogP contribution in [0.3, 0.4) is 0 Å². The van der Waals surface area contributed by atoms with E-state index in [0.29, 0.717) is 0 Å². The van der Waals surface area contributed by atoms with Gasteiger partial charge in [0.25, 0.3) is 5.91 Å². The number of amides is 1. The molecule has 0 saturated heterocycles. The molecule has 1 amide bonds. The van der Waals surface area contributed by atoms with Gasteiger partial charge in [0.1, 0.15) is 12.3 Å². The number of carbonyl (C=O) groups excluding carboxylic acids is 1. The molecule has 0 aromatic heterocycles. The van der Waals surface area contributed by atoms with E-state index in [2.05, 4.69) is 10.5 Å². The summed E-state index contributed by atoms with van der Waals surface area (Å²) < 4.78 is 21.9. The third-order valence-corrected chi connectivity index (χ3v) is 4.17. The summed E-state index contributed by atoms with van der Waals surface area (Å²) in [7, 11) is -3.64. The highest BCUT2D eigenvalue weighted by molar-refractivity contribution is 7.89. The Morgan fingerprint density at radius 1 is 1.00 bits per heavy atom. The number of sulfonamides is 1. The van der Waals surface area contributed by atoms with E-state index in [1.165, 1.54) is 0 Å². The van der Waals surface area contributed by atoms with Gasteiger partial charge in [0.15, 0.2) is 0 Å². The van der Waals surface area contributed by atoms with Crippen molar-refractivity contribution in [1.29, 1.82) is 0 Å². The Hall–Kier alpha value is -2.71. The first-order valence-corrected chi connectivity index (χ1v) is 9.71. The van der Waals surface area contributed by atoms with Gasteiger partial charge in [-0.15, -0.1) is 0 Å². The summed E-state index contributed by atoms with van der Waals surface area (Å²) >= 11 is 0. The van der Waals surface area contributed by atoms with Crippen molar-refractivity contribution in [3.05, 3.63) is 71.8 Å². The Balaban J connectivity index is 2.02. The van der Waals surface area contributed by atoms with Gasteiger partial charge in [-0.1, -0.05) is 65.8 Å². The third kappa shape index (κ3) is 7.45. The number of oxime groups is 1. The molecule has 0 saturated carbocycles. The van der Waals surface area contributed by atoms with Crippen molar-refractivity contribution < 1.29 is 18.0 Å². The van der Waals surface area contributed by atoms with E-state index in [0.717, 1.165) is 11.1 Å². The fourth-order valence-corrected chi connectivity index (χ4v) is 2.50. The predicted molar refractivity (Wildman–Crippen MR) is 99.8 cm³/mol. The van der Waals surface area contributed by atoms with Crippen LogP contribution < -0.4 is 10.5 Å². The number of carbonyl (C=O) groups is 1. The quantitative estimate of drug-likeness (QED) is 0.507. The van der Waals surface area contributed by atoms with Crippen molar-refractivity contribution in [2.75, 3.05) is 12.3 Å². The zero-order valence-electron chi connectivity index (χ0n) is 14.2. The second kappa shape index (κ2) is 9.69. The highest BCUT2D eigenvalue weighted by Gasteiger charge is 2.14. The summed E-state index contributed by atoms with van der Waals surface area (Å²) in [4.78, 5) is 17.6.